The number of aromatic amines is 1. The van der Waals surface area contributed by atoms with Gasteiger partial charge in [-0.15, -0.1) is 0 Å². The molecule has 6 rings (SSSR count). The minimum Gasteiger partial charge on any atom is -0.470 e. The number of ether oxygens (including phenoxy) is 4. The maximum absolute atomic E-state index is 9.95. The summed E-state index contributed by atoms with van der Waals surface area (Å²) in [5.74, 6) is 0.579. The summed E-state index contributed by atoms with van der Waals surface area (Å²) in [5.41, 5.74) is 5.41. The van der Waals surface area contributed by atoms with Gasteiger partial charge in [-0.2, -0.15) is 0 Å². The Balaban J connectivity index is 1.27. The third-order valence-electron chi connectivity index (χ3n) is 6.69. The Morgan fingerprint density at radius 3 is 2.67 bits per heavy atom. The van der Waals surface area contributed by atoms with Crippen LogP contribution >= 0.6 is 11.6 Å². The highest BCUT2D eigenvalue weighted by molar-refractivity contribution is 6.34. The average Bonchev–Trinajstić information content (AvgIpc) is 3.54. The highest BCUT2D eigenvalue weighted by Crippen LogP contribution is 2.36. The number of aliphatic hydroxyl groups excluding tert-OH is 1. The Kier molecular flexibility index (Phi) is 5.43. The second-order valence-electron chi connectivity index (χ2n) is 8.76. The maximum Gasteiger partial charge on any atom is 0.193 e. The second kappa shape index (κ2) is 8.45. The molecule has 9 heteroatoms. The van der Waals surface area contributed by atoms with Crippen molar-refractivity contribution in [3.63, 3.8) is 0 Å². The zero-order valence-corrected chi connectivity index (χ0v) is 19.0. The lowest BCUT2D eigenvalue weighted by Crippen LogP contribution is -2.36. The molecule has 0 bridgehead atoms. The molecule has 0 radical (unpaired) electrons. The number of nitrogens with zero attached hydrogens (tertiary/aromatic N) is 2. The summed E-state index contributed by atoms with van der Waals surface area (Å²) in [6, 6.07) is 10.2. The Labute approximate surface area is 196 Å². The first-order valence-corrected chi connectivity index (χ1v) is 11.7. The van der Waals surface area contributed by atoms with Gasteiger partial charge < -0.3 is 33.9 Å². The van der Waals surface area contributed by atoms with Crippen LogP contribution in [-0.4, -0.2) is 79.0 Å². The Morgan fingerprint density at radius 1 is 1.12 bits per heavy atom. The predicted molar refractivity (Wildman–Crippen MR) is 124 cm³/mol. The van der Waals surface area contributed by atoms with E-state index >= 15 is 0 Å². The highest BCUT2D eigenvalue weighted by atomic mass is 35.5. The van der Waals surface area contributed by atoms with Gasteiger partial charge in [0.1, 0.15) is 18.3 Å². The van der Waals surface area contributed by atoms with Crippen molar-refractivity contribution in [3.05, 3.63) is 40.9 Å². The fourth-order valence-corrected chi connectivity index (χ4v) is 5.11. The van der Waals surface area contributed by atoms with Gasteiger partial charge in [-0.05, 0) is 24.6 Å². The van der Waals surface area contributed by atoms with E-state index in [9.17, 15) is 5.11 Å². The van der Waals surface area contributed by atoms with Crippen LogP contribution < -0.4 is 9.64 Å². The zero-order chi connectivity index (χ0) is 22.5. The van der Waals surface area contributed by atoms with Crippen LogP contribution in [0.25, 0.3) is 22.3 Å². The third-order valence-corrected chi connectivity index (χ3v) is 7.16. The van der Waals surface area contributed by atoms with Crippen LogP contribution in [0, 0.1) is 6.92 Å². The van der Waals surface area contributed by atoms with Crippen molar-refractivity contribution in [2.24, 2.45) is 0 Å². The van der Waals surface area contributed by atoms with Crippen LogP contribution in [-0.2, 0) is 14.2 Å². The average molecular weight is 472 g/mol. The fraction of sp³-hybridized carbons (Fsp3) is 0.458. The van der Waals surface area contributed by atoms with E-state index in [1.165, 1.54) is 5.69 Å². The largest absolute Gasteiger partial charge is 0.470 e. The van der Waals surface area contributed by atoms with E-state index in [4.69, 9.17) is 35.5 Å². The lowest BCUT2D eigenvalue weighted by molar-refractivity contribution is 0.00794. The van der Waals surface area contributed by atoms with Crippen molar-refractivity contribution < 1.29 is 24.1 Å². The van der Waals surface area contributed by atoms with Crippen LogP contribution in [0.4, 0.5) is 5.69 Å². The van der Waals surface area contributed by atoms with Crippen molar-refractivity contribution in [2.45, 2.75) is 31.3 Å². The molecule has 0 saturated carbocycles. The summed E-state index contributed by atoms with van der Waals surface area (Å²) in [6.45, 7) is 5.92. The van der Waals surface area contributed by atoms with Gasteiger partial charge >= 0.3 is 0 Å². The van der Waals surface area contributed by atoms with E-state index < -0.39 is 6.10 Å². The summed E-state index contributed by atoms with van der Waals surface area (Å²) in [7, 11) is 0. The highest BCUT2D eigenvalue weighted by Gasteiger charge is 2.48. The number of aryl methyl sites for hydroxylation is 1. The zero-order valence-electron chi connectivity index (χ0n) is 18.3. The number of pyridine rings is 1. The van der Waals surface area contributed by atoms with Crippen LogP contribution in [0.1, 0.15) is 5.56 Å². The fourth-order valence-electron chi connectivity index (χ4n) is 4.87. The van der Waals surface area contributed by atoms with Crippen LogP contribution in [0.15, 0.2) is 30.3 Å². The molecular formula is C24H26ClN3O5. The van der Waals surface area contributed by atoms with E-state index in [0.29, 0.717) is 17.5 Å². The molecular weight excluding hydrogens is 446 g/mol. The topological polar surface area (TPSA) is 89.1 Å². The van der Waals surface area contributed by atoms with Crippen LogP contribution in [0.5, 0.6) is 5.88 Å². The molecule has 1 aromatic carbocycles. The Bertz CT molecular complexity index is 1160. The molecule has 5 heterocycles. The lowest BCUT2D eigenvalue weighted by atomic mass is 10.1. The minimum atomic E-state index is -0.605. The number of nitrogens with one attached hydrogen (secondary N) is 1. The molecule has 2 aromatic heterocycles. The number of rotatable bonds is 4. The summed E-state index contributed by atoms with van der Waals surface area (Å²) >= 11 is 6.75. The van der Waals surface area contributed by atoms with E-state index in [0.717, 1.165) is 54.2 Å². The van der Waals surface area contributed by atoms with Crippen molar-refractivity contribution >= 4 is 28.3 Å². The Morgan fingerprint density at radius 2 is 1.88 bits per heavy atom. The second-order valence-corrected chi connectivity index (χ2v) is 9.14. The number of morpholine rings is 1. The third kappa shape index (κ3) is 3.76. The van der Waals surface area contributed by atoms with Gasteiger partial charge in [0.15, 0.2) is 12.0 Å². The van der Waals surface area contributed by atoms with Gasteiger partial charge in [0.2, 0.25) is 0 Å². The minimum absolute atomic E-state index is 0.270. The first-order valence-electron chi connectivity index (χ1n) is 11.3. The van der Waals surface area contributed by atoms with Crippen LogP contribution in [0.3, 0.4) is 0 Å². The normalized spacial score (nSPS) is 27.3. The molecule has 3 aliphatic rings. The predicted octanol–water partition coefficient (Wildman–Crippen LogP) is 2.93. The number of hydrogen-bond donors (Lipinski definition) is 2. The molecule has 0 amide bonds. The molecule has 0 unspecified atom stereocenters. The van der Waals surface area contributed by atoms with Gasteiger partial charge in [-0.3, -0.25) is 0 Å². The summed E-state index contributed by atoms with van der Waals surface area (Å²) in [5, 5.41) is 10.6. The molecule has 0 aliphatic carbocycles. The molecule has 3 saturated heterocycles. The molecule has 174 valence electrons. The molecule has 3 fully saturated rings. The molecule has 0 spiro atoms. The Hall–Kier alpha value is -2.36. The number of fused-ring (bicyclic) bond motifs is 2. The van der Waals surface area contributed by atoms with Gasteiger partial charge in [-0.1, -0.05) is 23.7 Å². The number of benzene rings is 1. The summed E-state index contributed by atoms with van der Waals surface area (Å²) in [6.07, 6.45) is -1.50. The summed E-state index contributed by atoms with van der Waals surface area (Å²) in [4.78, 5) is 10.5. The lowest BCUT2D eigenvalue weighted by Gasteiger charge is -2.28. The SMILES string of the molecule is Cc1c(Cl)c(-c2ccc(N3CCOCC3)cc2)nc2cc(O[C@@H]3CO[C@H]4[C@@H]3OC[C@H]4O)[nH]c12. The number of aromatic nitrogens is 2. The van der Waals surface area contributed by atoms with E-state index in [1.54, 1.807) is 0 Å². The standard InChI is InChI=1S/C24H26ClN3O5/c1-13-20(25)22(14-2-4-15(5-3-14)28-6-8-30-9-7-28)26-16-10-19(27-21(13)16)33-18-12-32-23-17(29)11-31-24(18)23/h2-5,10,17-18,23-24,27,29H,6-9,11-12H2,1H3/t17-,18-,23-,24-/m1/s1. The maximum atomic E-state index is 9.95. The van der Waals surface area contributed by atoms with E-state index in [2.05, 4.69) is 34.1 Å². The van der Waals surface area contributed by atoms with Crippen molar-refractivity contribution in [3.8, 4) is 17.1 Å². The summed E-state index contributed by atoms with van der Waals surface area (Å²) < 4.78 is 22.9. The smallest absolute Gasteiger partial charge is 0.193 e. The molecule has 3 aliphatic heterocycles. The van der Waals surface area contributed by atoms with Gasteiger partial charge in [0.25, 0.3) is 0 Å². The van der Waals surface area contributed by atoms with Crippen LogP contribution in [0.2, 0.25) is 5.02 Å². The van der Waals surface area contributed by atoms with Crippen molar-refractivity contribution in [1.82, 2.24) is 9.97 Å². The van der Waals surface area contributed by atoms with E-state index in [-0.39, 0.29) is 24.9 Å². The number of aliphatic hydroxyl groups is 1. The molecule has 8 nitrogen and oxygen atoms in total. The molecule has 3 aromatic rings. The first-order chi connectivity index (χ1) is 16.1. The van der Waals surface area contributed by atoms with Gasteiger partial charge in [0.05, 0.1) is 48.2 Å². The number of halogens is 1. The number of anilines is 1. The molecule has 2 N–H and O–H groups in total. The van der Waals surface area contributed by atoms with Crippen molar-refractivity contribution in [2.75, 3.05) is 44.4 Å². The van der Waals surface area contributed by atoms with Gasteiger partial charge in [0, 0.05) is 30.4 Å². The van der Waals surface area contributed by atoms with E-state index in [1.807, 2.05) is 13.0 Å². The first kappa shape index (κ1) is 21.2. The number of H-pyrrole nitrogens is 1. The monoisotopic (exact) mass is 471 g/mol. The molecule has 33 heavy (non-hydrogen) atoms. The van der Waals surface area contributed by atoms with Crippen molar-refractivity contribution in [1.29, 1.82) is 0 Å². The quantitative estimate of drug-likeness (QED) is 0.604. The van der Waals surface area contributed by atoms with Gasteiger partial charge in [-0.25, -0.2) is 4.98 Å². The molecule has 4 atom stereocenters. The number of hydrogen-bond acceptors (Lipinski definition) is 7.